The molecule has 1 rings (SSSR count). The van der Waals surface area contributed by atoms with E-state index in [-0.39, 0.29) is 0 Å². The van der Waals surface area contributed by atoms with E-state index in [1.807, 2.05) is 0 Å². The molecule has 0 saturated carbocycles. The van der Waals surface area contributed by atoms with E-state index in [1.54, 1.807) is 0 Å². The van der Waals surface area contributed by atoms with Crippen LogP contribution in [0.1, 0.15) is 34.1 Å². The molecule has 0 radical (unpaired) electrons. The van der Waals surface area contributed by atoms with Crippen LogP contribution in [-0.4, -0.2) is 84.9 Å². The van der Waals surface area contributed by atoms with Crippen molar-refractivity contribution in [2.24, 2.45) is 0 Å². The predicted molar refractivity (Wildman–Crippen MR) is 96.7 cm³/mol. The molecule has 1 heterocycles. The van der Waals surface area contributed by atoms with Crippen LogP contribution in [0, 0.1) is 0 Å². The van der Waals surface area contributed by atoms with Crippen molar-refractivity contribution in [1.82, 2.24) is 5.32 Å². The second kappa shape index (κ2) is 11.0. The molecule has 0 spiro atoms. The first-order valence-electron chi connectivity index (χ1n) is 9.18. The molecular weight excluding hydrogens is 425 g/mol. The Morgan fingerprint density at radius 3 is 2.10 bits per heavy atom. The van der Waals surface area contributed by atoms with Gasteiger partial charge in [0, 0.05) is 27.7 Å². The van der Waals surface area contributed by atoms with E-state index in [2.05, 4.69) is 10.1 Å². The normalized spacial score (nSPS) is 27.3. The molecule has 0 aromatic heterocycles. The minimum absolute atomic E-state index is 0.648. The number of hydrogen-bond acceptors (Lipinski definition) is 11. The Balaban J connectivity index is 3.57. The lowest BCUT2D eigenvalue weighted by molar-refractivity contribution is -0.298. The first-order chi connectivity index (χ1) is 14.3. The number of esters is 4. The van der Waals surface area contributed by atoms with Crippen LogP contribution in [-0.2, 0) is 47.7 Å². The van der Waals surface area contributed by atoms with Gasteiger partial charge in [0.25, 0.3) is 5.79 Å². The largest absolute Gasteiger partial charge is 0.465 e. The summed E-state index contributed by atoms with van der Waals surface area (Å²) in [6, 6.07) is -1.33. The van der Waals surface area contributed by atoms with Gasteiger partial charge in [-0.05, 0) is 0 Å². The van der Waals surface area contributed by atoms with Crippen molar-refractivity contribution in [3.05, 3.63) is 0 Å². The number of hydrogen-bond donors (Lipinski definition) is 2. The highest BCUT2D eigenvalue weighted by atomic mass is 19.1. The summed E-state index contributed by atoms with van der Waals surface area (Å²) in [5, 5.41) is 13.1. The van der Waals surface area contributed by atoms with Crippen molar-refractivity contribution in [2.75, 3.05) is 13.8 Å². The topological polar surface area (TPSA) is 164 Å². The number of alkyl halides is 1. The van der Waals surface area contributed by atoms with Gasteiger partial charge in [0.1, 0.15) is 18.9 Å². The quantitative estimate of drug-likeness (QED) is 0.340. The third-order valence-corrected chi connectivity index (χ3v) is 4.22. The van der Waals surface area contributed by atoms with Gasteiger partial charge in [0.2, 0.25) is 5.91 Å². The summed E-state index contributed by atoms with van der Waals surface area (Å²) in [4.78, 5) is 58.6. The third kappa shape index (κ3) is 7.14. The third-order valence-electron chi connectivity index (χ3n) is 4.22. The van der Waals surface area contributed by atoms with Gasteiger partial charge in [-0.2, -0.15) is 0 Å². The molecule has 0 aromatic rings. The van der Waals surface area contributed by atoms with Gasteiger partial charge in [-0.1, -0.05) is 0 Å². The molecule has 1 aliphatic heterocycles. The van der Waals surface area contributed by atoms with E-state index in [9.17, 15) is 33.5 Å². The molecule has 1 aliphatic rings. The Hall–Kier alpha value is -2.80. The zero-order chi connectivity index (χ0) is 23.9. The predicted octanol–water partition coefficient (Wildman–Crippen LogP) is -1.09. The van der Waals surface area contributed by atoms with Crippen molar-refractivity contribution in [3.63, 3.8) is 0 Å². The SMILES string of the molecule is COC(=O)[C@]1(O)C[C@H](OC(C)=O)[C@@H](NC(C)=O)[C@H]([C@H](OC(C)=O)[C@@H](CF)OC(C)=O)O1. The first-order valence-corrected chi connectivity index (χ1v) is 9.18. The number of aliphatic hydroxyl groups is 1. The minimum atomic E-state index is -2.72. The smallest absolute Gasteiger partial charge is 0.366 e. The summed E-state index contributed by atoms with van der Waals surface area (Å²) in [7, 11) is 0.951. The van der Waals surface area contributed by atoms with Crippen LogP contribution >= 0.6 is 0 Å². The zero-order valence-corrected chi connectivity index (χ0v) is 17.7. The van der Waals surface area contributed by atoms with Gasteiger partial charge in [-0.25, -0.2) is 9.18 Å². The van der Waals surface area contributed by atoms with Gasteiger partial charge in [0.15, 0.2) is 12.2 Å². The highest BCUT2D eigenvalue weighted by Crippen LogP contribution is 2.34. The zero-order valence-electron chi connectivity index (χ0n) is 17.7. The number of ether oxygens (including phenoxy) is 5. The van der Waals surface area contributed by atoms with Crippen LogP contribution in [0.2, 0.25) is 0 Å². The standard InChI is InChI=1S/C18H26FNO11/c1-8(21)20-14-12(28-9(2)22)6-18(26,17(25)27-5)31-16(14)15(30-11(4)24)13(7-19)29-10(3)23/h12-16,26H,6-7H2,1-5H3,(H,20,21)/t12-,13+,14+,15+,16+,18-/m0/s1. The average Bonchev–Trinajstić information content (AvgIpc) is 2.64. The summed E-state index contributed by atoms with van der Waals surface area (Å²) in [5.41, 5.74) is 0. The summed E-state index contributed by atoms with van der Waals surface area (Å²) in [5.74, 6) is -7.36. The Kier molecular flexibility index (Phi) is 9.31. The number of amides is 1. The summed E-state index contributed by atoms with van der Waals surface area (Å²) >= 11 is 0. The number of methoxy groups -OCH3 is 1. The monoisotopic (exact) mass is 451 g/mol. The number of carbonyl (C=O) groups is 5. The lowest BCUT2D eigenvalue weighted by Gasteiger charge is -2.46. The molecule has 1 fully saturated rings. The van der Waals surface area contributed by atoms with Crippen molar-refractivity contribution in [1.29, 1.82) is 0 Å². The Labute approximate surface area is 177 Å². The lowest BCUT2D eigenvalue weighted by atomic mass is 9.88. The van der Waals surface area contributed by atoms with Crippen LogP contribution in [0.15, 0.2) is 0 Å². The van der Waals surface area contributed by atoms with Crippen molar-refractivity contribution in [2.45, 2.75) is 70.4 Å². The fourth-order valence-electron chi connectivity index (χ4n) is 3.20. The highest BCUT2D eigenvalue weighted by Gasteiger charge is 2.57. The maximum Gasteiger partial charge on any atom is 0.366 e. The molecule has 13 heteroatoms. The molecule has 2 N–H and O–H groups in total. The Bertz CT molecular complexity index is 715. The average molecular weight is 451 g/mol. The van der Waals surface area contributed by atoms with Crippen molar-refractivity contribution < 1.29 is 57.2 Å². The molecule has 1 amide bonds. The fraction of sp³-hybridized carbons (Fsp3) is 0.722. The van der Waals surface area contributed by atoms with E-state index in [4.69, 9.17) is 18.9 Å². The lowest BCUT2D eigenvalue weighted by Crippen LogP contribution is -2.68. The van der Waals surface area contributed by atoms with Gasteiger partial charge in [0.05, 0.1) is 19.6 Å². The minimum Gasteiger partial charge on any atom is -0.465 e. The molecule has 0 unspecified atom stereocenters. The second-order valence-corrected chi connectivity index (χ2v) is 6.81. The van der Waals surface area contributed by atoms with Gasteiger partial charge in [-0.3, -0.25) is 19.2 Å². The number of nitrogens with one attached hydrogen (secondary N) is 1. The van der Waals surface area contributed by atoms with E-state index in [0.717, 1.165) is 34.8 Å². The fourth-order valence-corrected chi connectivity index (χ4v) is 3.20. The van der Waals surface area contributed by atoms with Crippen molar-refractivity contribution in [3.8, 4) is 0 Å². The van der Waals surface area contributed by atoms with E-state index in [0.29, 0.717) is 0 Å². The van der Waals surface area contributed by atoms with Crippen LogP contribution in [0.3, 0.4) is 0 Å². The first kappa shape index (κ1) is 26.2. The van der Waals surface area contributed by atoms with Crippen LogP contribution in [0.25, 0.3) is 0 Å². The number of rotatable bonds is 8. The molecule has 176 valence electrons. The van der Waals surface area contributed by atoms with E-state index >= 15 is 0 Å². The van der Waals surface area contributed by atoms with E-state index in [1.165, 1.54) is 0 Å². The van der Waals surface area contributed by atoms with Crippen LogP contribution in [0.5, 0.6) is 0 Å². The van der Waals surface area contributed by atoms with Crippen LogP contribution in [0.4, 0.5) is 4.39 Å². The molecule has 1 saturated heterocycles. The van der Waals surface area contributed by atoms with Crippen molar-refractivity contribution >= 4 is 29.8 Å². The summed E-state index contributed by atoms with van der Waals surface area (Å²) in [6.45, 7) is 2.76. The van der Waals surface area contributed by atoms with Gasteiger partial charge < -0.3 is 34.1 Å². The molecule has 6 atom stereocenters. The molecule has 0 bridgehead atoms. The Morgan fingerprint density at radius 1 is 1.10 bits per heavy atom. The molecule has 0 aromatic carbocycles. The summed E-state index contributed by atoms with van der Waals surface area (Å²) in [6.07, 6.45) is -7.24. The second-order valence-electron chi connectivity index (χ2n) is 6.81. The van der Waals surface area contributed by atoms with Crippen LogP contribution < -0.4 is 5.32 Å². The summed E-state index contributed by atoms with van der Waals surface area (Å²) < 4.78 is 38.7. The highest BCUT2D eigenvalue weighted by molar-refractivity contribution is 5.78. The molecule has 12 nitrogen and oxygen atoms in total. The maximum absolute atomic E-state index is 13.7. The maximum atomic E-state index is 13.7. The number of halogens is 1. The van der Waals surface area contributed by atoms with E-state index < -0.39 is 79.1 Å². The number of carbonyl (C=O) groups excluding carboxylic acids is 5. The molecule has 0 aliphatic carbocycles. The van der Waals surface area contributed by atoms with Gasteiger partial charge in [-0.15, -0.1) is 0 Å². The Morgan fingerprint density at radius 2 is 1.68 bits per heavy atom. The van der Waals surface area contributed by atoms with Gasteiger partial charge >= 0.3 is 23.9 Å². The molecule has 31 heavy (non-hydrogen) atoms. The molecular formula is C18H26FNO11.